The van der Waals surface area contributed by atoms with Gasteiger partial charge >= 0.3 is 0 Å². The van der Waals surface area contributed by atoms with Crippen molar-refractivity contribution >= 4 is 18.3 Å². The number of hydrogen-bond donors (Lipinski definition) is 2. The highest BCUT2D eigenvalue weighted by molar-refractivity contribution is 5.85. The Morgan fingerprint density at radius 2 is 2.25 bits per heavy atom. The van der Waals surface area contributed by atoms with Gasteiger partial charge in [0, 0.05) is 5.92 Å². The van der Waals surface area contributed by atoms with Crippen LogP contribution in [0.15, 0.2) is 22.8 Å². The van der Waals surface area contributed by atoms with E-state index < -0.39 is 0 Å². The Morgan fingerprint density at radius 1 is 1.50 bits per heavy atom. The third-order valence-corrected chi connectivity index (χ3v) is 2.73. The minimum absolute atomic E-state index is 0. The topological polar surface area (TPSA) is 54.3 Å². The minimum Gasteiger partial charge on any atom is -0.467 e. The summed E-state index contributed by atoms with van der Waals surface area (Å²) in [7, 11) is 0. The van der Waals surface area contributed by atoms with Crippen LogP contribution in [0.3, 0.4) is 0 Å². The van der Waals surface area contributed by atoms with Gasteiger partial charge in [-0.25, -0.2) is 0 Å². The van der Waals surface area contributed by atoms with Crippen LogP contribution in [0.1, 0.15) is 18.6 Å². The number of rotatable bonds is 3. The summed E-state index contributed by atoms with van der Waals surface area (Å²) in [5.41, 5.74) is 0. The SMILES string of the molecule is Cl.O=C(NCc1ccco1)C1CCNCC1. The summed E-state index contributed by atoms with van der Waals surface area (Å²) in [6, 6.07) is 3.69. The highest BCUT2D eigenvalue weighted by Gasteiger charge is 2.20. The Hall–Kier alpha value is -1.00. The molecular weight excluding hydrogens is 228 g/mol. The first kappa shape index (κ1) is 13.1. The molecule has 0 bridgehead atoms. The number of hydrogen-bond acceptors (Lipinski definition) is 3. The summed E-state index contributed by atoms with van der Waals surface area (Å²) < 4.78 is 5.14. The molecule has 0 saturated carbocycles. The largest absolute Gasteiger partial charge is 0.467 e. The van der Waals surface area contributed by atoms with Crippen LogP contribution in [0.4, 0.5) is 0 Å². The molecule has 1 saturated heterocycles. The lowest BCUT2D eigenvalue weighted by molar-refractivity contribution is -0.126. The minimum atomic E-state index is 0. The molecule has 4 nitrogen and oxygen atoms in total. The molecular formula is C11H17ClN2O2. The Kier molecular flexibility index (Phi) is 5.35. The van der Waals surface area contributed by atoms with Crippen LogP contribution in [0, 0.1) is 5.92 Å². The average molecular weight is 245 g/mol. The molecule has 2 N–H and O–H groups in total. The van der Waals surface area contributed by atoms with E-state index in [-0.39, 0.29) is 24.2 Å². The van der Waals surface area contributed by atoms with Gasteiger partial charge in [0.1, 0.15) is 5.76 Å². The van der Waals surface area contributed by atoms with Gasteiger partial charge in [-0.3, -0.25) is 4.79 Å². The molecule has 1 aliphatic rings. The quantitative estimate of drug-likeness (QED) is 0.843. The van der Waals surface area contributed by atoms with Crippen molar-refractivity contribution in [3.8, 4) is 0 Å². The number of carbonyl (C=O) groups excluding carboxylic acids is 1. The molecule has 90 valence electrons. The molecule has 1 amide bonds. The van der Waals surface area contributed by atoms with Crippen molar-refractivity contribution in [2.75, 3.05) is 13.1 Å². The van der Waals surface area contributed by atoms with E-state index in [9.17, 15) is 4.79 Å². The molecule has 5 heteroatoms. The molecule has 0 radical (unpaired) electrons. The zero-order valence-electron chi connectivity index (χ0n) is 9.07. The van der Waals surface area contributed by atoms with Crippen molar-refractivity contribution < 1.29 is 9.21 Å². The zero-order chi connectivity index (χ0) is 10.5. The lowest BCUT2D eigenvalue weighted by atomic mass is 9.97. The van der Waals surface area contributed by atoms with Gasteiger partial charge in [0.05, 0.1) is 12.8 Å². The van der Waals surface area contributed by atoms with Crippen molar-refractivity contribution in [1.82, 2.24) is 10.6 Å². The maximum absolute atomic E-state index is 11.7. The Bertz CT molecular complexity index is 308. The first-order valence-electron chi connectivity index (χ1n) is 5.37. The molecule has 1 fully saturated rings. The predicted molar refractivity (Wildman–Crippen MR) is 63.4 cm³/mol. The monoisotopic (exact) mass is 244 g/mol. The maximum atomic E-state index is 11.7. The fourth-order valence-corrected chi connectivity index (χ4v) is 1.82. The van der Waals surface area contributed by atoms with Crippen LogP contribution in [-0.4, -0.2) is 19.0 Å². The van der Waals surface area contributed by atoms with Crippen LogP contribution in [-0.2, 0) is 11.3 Å². The second kappa shape index (κ2) is 6.55. The smallest absolute Gasteiger partial charge is 0.223 e. The Balaban J connectivity index is 0.00000128. The van der Waals surface area contributed by atoms with E-state index in [1.807, 2.05) is 12.1 Å². The molecule has 1 aromatic rings. The molecule has 1 aliphatic heterocycles. The van der Waals surface area contributed by atoms with Gasteiger partial charge in [0.15, 0.2) is 0 Å². The van der Waals surface area contributed by atoms with E-state index in [0.717, 1.165) is 31.7 Å². The Morgan fingerprint density at radius 3 is 2.88 bits per heavy atom. The van der Waals surface area contributed by atoms with E-state index in [0.29, 0.717) is 6.54 Å². The second-order valence-corrected chi connectivity index (χ2v) is 3.82. The third-order valence-electron chi connectivity index (χ3n) is 2.73. The van der Waals surface area contributed by atoms with E-state index >= 15 is 0 Å². The van der Waals surface area contributed by atoms with Gasteiger partial charge in [-0.15, -0.1) is 12.4 Å². The first-order valence-corrected chi connectivity index (χ1v) is 5.37. The van der Waals surface area contributed by atoms with E-state index in [1.165, 1.54) is 0 Å². The molecule has 0 aliphatic carbocycles. The fraction of sp³-hybridized carbons (Fsp3) is 0.545. The van der Waals surface area contributed by atoms with E-state index in [2.05, 4.69) is 10.6 Å². The number of halogens is 1. The maximum Gasteiger partial charge on any atom is 0.223 e. The molecule has 0 aromatic carbocycles. The van der Waals surface area contributed by atoms with E-state index in [1.54, 1.807) is 6.26 Å². The second-order valence-electron chi connectivity index (χ2n) is 3.82. The summed E-state index contributed by atoms with van der Waals surface area (Å²) in [6.45, 7) is 2.38. The summed E-state index contributed by atoms with van der Waals surface area (Å²) >= 11 is 0. The van der Waals surface area contributed by atoms with Gasteiger partial charge < -0.3 is 15.1 Å². The van der Waals surface area contributed by atoms with Crippen molar-refractivity contribution in [1.29, 1.82) is 0 Å². The molecule has 16 heavy (non-hydrogen) atoms. The van der Waals surface area contributed by atoms with Crippen LogP contribution in [0.5, 0.6) is 0 Å². The van der Waals surface area contributed by atoms with Crippen LogP contribution >= 0.6 is 12.4 Å². The molecule has 2 rings (SSSR count). The number of nitrogens with one attached hydrogen (secondary N) is 2. The predicted octanol–water partition coefficient (Wildman–Crippen LogP) is 1.32. The van der Waals surface area contributed by atoms with Gasteiger partial charge in [0.2, 0.25) is 5.91 Å². The summed E-state index contributed by atoms with van der Waals surface area (Å²) in [5, 5.41) is 6.14. The number of furan rings is 1. The highest BCUT2D eigenvalue weighted by Crippen LogP contribution is 2.11. The van der Waals surface area contributed by atoms with Gasteiger partial charge in [-0.2, -0.15) is 0 Å². The van der Waals surface area contributed by atoms with Crippen molar-refractivity contribution in [3.63, 3.8) is 0 Å². The summed E-state index contributed by atoms with van der Waals surface area (Å²) in [4.78, 5) is 11.7. The lowest BCUT2D eigenvalue weighted by Crippen LogP contribution is -2.37. The summed E-state index contributed by atoms with van der Waals surface area (Å²) in [6.07, 6.45) is 3.49. The average Bonchev–Trinajstić information content (AvgIpc) is 2.80. The van der Waals surface area contributed by atoms with Crippen LogP contribution in [0.2, 0.25) is 0 Å². The van der Waals surface area contributed by atoms with Crippen molar-refractivity contribution in [2.45, 2.75) is 19.4 Å². The summed E-state index contributed by atoms with van der Waals surface area (Å²) in [5.74, 6) is 1.12. The molecule has 0 spiro atoms. The number of piperidine rings is 1. The van der Waals surface area contributed by atoms with Crippen molar-refractivity contribution in [2.24, 2.45) is 5.92 Å². The van der Waals surface area contributed by atoms with Gasteiger partial charge in [0.25, 0.3) is 0 Å². The number of amides is 1. The van der Waals surface area contributed by atoms with Crippen LogP contribution < -0.4 is 10.6 Å². The van der Waals surface area contributed by atoms with E-state index in [4.69, 9.17) is 4.42 Å². The molecule has 0 atom stereocenters. The normalized spacial score (nSPS) is 16.5. The molecule has 2 heterocycles. The zero-order valence-corrected chi connectivity index (χ0v) is 9.89. The van der Waals surface area contributed by atoms with Crippen LogP contribution in [0.25, 0.3) is 0 Å². The lowest BCUT2D eigenvalue weighted by Gasteiger charge is -2.21. The Labute approximate surface area is 101 Å². The highest BCUT2D eigenvalue weighted by atomic mass is 35.5. The fourth-order valence-electron chi connectivity index (χ4n) is 1.82. The standard InChI is InChI=1S/C11H16N2O2.ClH/c14-11(9-3-5-12-6-4-9)13-8-10-2-1-7-15-10;/h1-2,7,9,12H,3-6,8H2,(H,13,14);1H. The first-order chi connectivity index (χ1) is 7.36. The van der Waals surface area contributed by atoms with Gasteiger partial charge in [-0.05, 0) is 38.1 Å². The van der Waals surface area contributed by atoms with Crippen molar-refractivity contribution in [3.05, 3.63) is 24.2 Å². The van der Waals surface area contributed by atoms with Gasteiger partial charge in [-0.1, -0.05) is 0 Å². The number of carbonyl (C=O) groups is 1. The molecule has 1 aromatic heterocycles. The third kappa shape index (κ3) is 3.54. The molecule has 0 unspecified atom stereocenters.